The van der Waals surface area contributed by atoms with Gasteiger partial charge in [0.1, 0.15) is 17.5 Å². The van der Waals surface area contributed by atoms with E-state index in [4.69, 9.17) is 16.3 Å². The molecule has 1 aromatic carbocycles. The lowest BCUT2D eigenvalue weighted by molar-refractivity contribution is -0.352. The Labute approximate surface area is 214 Å². The average molecular weight is 538 g/mol. The number of benzene rings is 1. The van der Waals surface area contributed by atoms with Crippen LogP contribution in [0.3, 0.4) is 0 Å². The normalized spacial score (nSPS) is 30.2. The van der Waals surface area contributed by atoms with Crippen molar-refractivity contribution in [2.24, 2.45) is 0 Å². The molecule has 196 valence electrons. The van der Waals surface area contributed by atoms with E-state index in [1.165, 1.54) is 4.90 Å². The zero-order valence-electron chi connectivity index (χ0n) is 19.4. The molecule has 8 nitrogen and oxygen atoms in total. The van der Waals surface area contributed by atoms with E-state index in [1.807, 2.05) is 6.07 Å². The Kier molecular flexibility index (Phi) is 5.49. The van der Waals surface area contributed by atoms with Crippen LogP contribution in [-0.2, 0) is 14.9 Å². The van der Waals surface area contributed by atoms with Crippen LogP contribution in [0.4, 0.5) is 13.2 Å². The van der Waals surface area contributed by atoms with Gasteiger partial charge in [0.05, 0.1) is 6.10 Å². The Morgan fingerprint density at radius 1 is 1.19 bits per heavy atom. The van der Waals surface area contributed by atoms with Crippen molar-refractivity contribution in [1.82, 2.24) is 15.2 Å². The van der Waals surface area contributed by atoms with Crippen LogP contribution in [-0.4, -0.2) is 64.0 Å². The van der Waals surface area contributed by atoms with E-state index in [9.17, 15) is 27.9 Å². The van der Waals surface area contributed by atoms with Gasteiger partial charge in [0, 0.05) is 47.2 Å². The second kappa shape index (κ2) is 8.31. The van der Waals surface area contributed by atoms with Crippen LogP contribution in [0.1, 0.15) is 53.4 Å². The van der Waals surface area contributed by atoms with E-state index >= 15 is 0 Å². The van der Waals surface area contributed by atoms with Gasteiger partial charge in [0.25, 0.3) is 11.8 Å². The van der Waals surface area contributed by atoms with Crippen molar-refractivity contribution in [3.05, 3.63) is 58.4 Å². The summed E-state index contributed by atoms with van der Waals surface area (Å²) < 4.78 is 46.5. The van der Waals surface area contributed by atoms with Gasteiger partial charge in [-0.3, -0.25) is 19.3 Å². The summed E-state index contributed by atoms with van der Waals surface area (Å²) in [4.78, 5) is 30.9. The Bertz CT molecular complexity index is 1250. The third-order valence-corrected chi connectivity index (χ3v) is 8.01. The van der Waals surface area contributed by atoms with Gasteiger partial charge in [-0.2, -0.15) is 0 Å². The third kappa shape index (κ3) is 4.32. The van der Waals surface area contributed by atoms with Gasteiger partial charge in [0.15, 0.2) is 6.10 Å². The molecule has 2 aliphatic heterocycles. The highest BCUT2D eigenvalue weighted by molar-refractivity contribution is 6.30. The molecule has 3 heterocycles. The maximum absolute atomic E-state index is 12.9. The molecule has 3 saturated carbocycles. The molecule has 37 heavy (non-hydrogen) atoms. The molecule has 0 radical (unpaired) electrons. The first-order chi connectivity index (χ1) is 17.4. The lowest BCUT2D eigenvalue weighted by Crippen LogP contribution is -2.77. The number of aliphatic hydroxyl groups excluding tert-OH is 1. The number of nitrogens with one attached hydrogen (secondary N) is 1. The van der Waals surface area contributed by atoms with Gasteiger partial charge in [-0.15, -0.1) is 13.2 Å². The fourth-order valence-electron chi connectivity index (χ4n) is 6.01. The minimum absolute atomic E-state index is 0.124. The molecule has 4 fully saturated rings. The number of rotatable bonds is 5. The van der Waals surface area contributed by atoms with Crippen LogP contribution in [0.25, 0.3) is 0 Å². The van der Waals surface area contributed by atoms with E-state index in [2.05, 4.69) is 15.0 Å². The predicted molar refractivity (Wildman–Crippen MR) is 123 cm³/mol. The Morgan fingerprint density at radius 2 is 1.92 bits per heavy atom. The Hall–Kier alpha value is -2.89. The van der Waals surface area contributed by atoms with E-state index < -0.39 is 30.6 Å². The standard InChI is InChI=1S/C25H23ClF3N3O5/c26-14-2-4-19-16(5-14)18(33)6-20(36-19)21(34)31-24-10-23(11-24,12-24)13-1-3-17(30-7-13)22(35)32-8-15(9-32)37-25(27,28)29/h1-5,7,15,18,20,33H,6,8-12H2,(H,31,34)/t18-,20-,23?,24?/m1/s1. The molecule has 0 unspecified atom stereocenters. The quantitative estimate of drug-likeness (QED) is 0.607. The van der Waals surface area contributed by atoms with Gasteiger partial charge < -0.3 is 20.1 Å². The van der Waals surface area contributed by atoms with Gasteiger partial charge in [-0.05, 0) is 49.1 Å². The summed E-state index contributed by atoms with van der Waals surface area (Å²) in [6.07, 6.45) is -3.47. The molecule has 5 aliphatic rings. The zero-order valence-corrected chi connectivity index (χ0v) is 20.2. The topological polar surface area (TPSA) is 101 Å². The maximum Gasteiger partial charge on any atom is 0.522 e. The first-order valence-electron chi connectivity index (χ1n) is 11.9. The second-order valence-electron chi connectivity index (χ2n) is 10.4. The van der Waals surface area contributed by atoms with Crippen molar-refractivity contribution in [2.75, 3.05) is 13.1 Å². The summed E-state index contributed by atoms with van der Waals surface area (Å²) in [7, 11) is 0. The van der Waals surface area contributed by atoms with Crippen LogP contribution < -0.4 is 10.1 Å². The van der Waals surface area contributed by atoms with E-state index in [-0.39, 0.29) is 42.1 Å². The predicted octanol–water partition coefficient (Wildman–Crippen LogP) is 3.27. The first kappa shape index (κ1) is 24.4. The molecular weight excluding hydrogens is 515 g/mol. The highest BCUT2D eigenvalue weighted by atomic mass is 35.5. The number of ether oxygens (including phenoxy) is 2. The summed E-state index contributed by atoms with van der Waals surface area (Å²) in [5.74, 6) is -0.262. The number of halogens is 4. The van der Waals surface area contributed by atoms with Crippen LogP contribution >= 0.6 is 11.6 Å². The van der Waals surface area contributed by atoms with Crippen LogP contribution in [0.15, 0.2) is 36.5 Å². The van der Waals surface area contributed by atoms with Crippen molar-refractivity contribution in [2.45, 2.75) is 61.3 Å². The van der Waals surface area contributed by atoms with Gasteiger partial charge in [-0.25, -0.2) is 0 Å². The lowest BCUT2D eigenvalue weighted by Gasteiger charge is -2.71. The highest BCUT2D eigenvalue weighted by Gasteiger charge is 2.69. The number of carbonyl (C=O) groups is 2. The molecule has 7 rings (SSSR count). The Morgan fingerprint density at radius 3 is 2.57 bits per heavy atom. The molecular formula is C25H23ClF3N3O5. The number of hydrogen-bond acceptors (Lipinski definition) is 6. The molecule has 0 spiro atoms. The minimum atomic E-state index is -4.72. The van der Waals surface area contributed by atoms with E-state index in [1.54, 1.807) is 30.5 Å². The molecule has 12 heteroatoms. The largest absolute Gasteiger partial charge is 0.522 e. The molecule has 1 aromatic heterocycles. The fourth-order valence-corrected chi connectivity index (χ4v) is 6.19. The smallest absolute Gasteiger partial charge is 0.480 e. The number of likely N-dealkylation sites (tertiary alicyclic amines) is 1. The molecule has 3 aliphatic carbocycles. The number of hydrogen-bond donors (Lipinski definition) is 2. The number of pyridine rings is 1. The van der Waals surface area contributed by atoms with Crippen LogP contribution in [0, 0.1) is 0 Å². The summed E-state index contributed by atoms with van der Waals surface area (Å²) in [5.41, 5.74) is 1.24. The average Bonchev–Trinajstić information content (AvgIpc) is 2.76. The number of aromatic nitrogens is 1. The van der Waals surface area contributed by atoms with Gasteiger partial charge >= 0.3 is 6.36 Å². The molecule has 2 atom stereocenters. The summed E-state index contributed by atoms with van der Waals surface area (Å²) in [5, 5.41) is 14.0. The van der Waals surface area contributed by atoms with Crippen molar-refractivity contribution >= 4 is 23.4 Å². The van der Waals surface area contributed by atoms with Gasteiger partial charge in [0.2, 0.25) is 0 Å². The van der Waals surface area contributed by atoms with Crippen molar-refractivity contribution in [3.8, 4) is 5.75 Å². The van der Waals surface area contributed by atoms with Crippen molar-refractivity contribution in [3.63, 3.8) is 0 Å². The highest BCUT2D eigenvalue weighted by Crippen LogP contribution is 2.67. The molecule has 2 aromatic rings. The minimum Gasteiger partial charge on any atom is -0.480 e. The number of nitrogens with zero attached hydrogens (tertiary/aromatic N) is 2. The second-order valence-corrected chi connectivity index (χ2v) is 10.9. The van der Waals surface area contributed by atoms with E-state index in [0.717, 1.165) is 24.8 Å². The van der Waals surface area contributed by atoms with Gasteiger partial charge in [-0.1, -0.05) is 17.7 Å². The van der Waals surface area contributed by atoms with Crippen LogP contribution in [0.5, 0.6) is 5.75 Å². The fraction of sp³-hybridized carbons (Fsp3) is 0.480. The first-order valence-corrected chi connectivity index (χ1v) is 12.3. The summed E-state index contributed by atoms with van der Waals surface area (Å²) in [6, 6.07) is 8.33. The number of amides is 2. The lowest BCUT2D eigenvalue weighted by atomic mass is 9.37. The van der Waals surface area contributed by atoms with Crippen molar-refractivity contribution in [1.29, 1.82) is 0 Å². The maximum atomic E-state index is 12.9. The summed E-state index contributed by atoms with van der Waals surface area (Å²) >= 11 is 5.99. The molecule has 2 amide bonds. The number of fused-ring (bicyclic) bond motifs is 1. The van der Waals surface area contributed by atoms with E-state index in [0.29, 0.717) is 16.3 Å². The molecule has 2 N–H and O–H groups in total. The van der Waals surface area contributed by atoms with Crippen LogP contribution in [0.2, 0.25) is 5.02 Å². The SMILES string of the molecule is O=C(NC12CC(c3ccc(C(=O)N4CC(OC(F)(F)F)C4)nc3)(C1)C2)[C@H]1C[C@@H](O)c2cc(Cl)ccc2O1. The Balaban J connectivity index is 1.02. The number of aliphatic hydroxyl groups is 1. The number of alkyl halides is 3. The summed E-state index contributed by atoms with van der Waals surface area (Å²) in [6.45, 7) is -0.260. The monoisotopic (exact) mass is 537 g/mol. The zero-order chi connectivity index (χ0) is 26.2. The third-order valence-electron chi connectivity index (χ3n) is 7.78. The van der Waals surface area contributed by atoms with Crippen molar-refractivity contribution < 1.29 is 37.3 Å². The molecule has 2 bridgehead atoms. The number of carbonyl (C=O) groups excluding carboxylic acids is 2. The molecule has 1 saturated heterocycles.